The highest BCUT2D eigenvalue weighted by atomic mass is 16.6. The Labute approximate surface area is 125 Å². The molecule has 1 amide bonds. The van der Waals surface area contributed by atoms with E-state index in [0.717, 1.165) is 30.4 Å². The van der Waals surface area contributed by atoms with E-state index in [2.05, 4.69) is 5.32 Å². The van der Waals surface area contributed by atoms with Crippen molar-refractivity contribution < 1.29 is 19.6 Å². The maximum absolute atomic E-state index is 11.9. The molecule has 5 nitrogen and oxygen atoms in total. The van der Waals surface area contributed by atoms with E-state index in [1.807, 2.05) is 26.8 Å². The summed E-state index contributed by atoms with van der Waals surface area (Å²) in [6.07, 6.45) is 2.04. The molecule has 6 heteroatoms. The van der Waals surface area contributed by atoms with Crippen LogP contribution >= 0.6 is 0 Å². The van der Waals surface area contributed by atoms with Gasteiger partial charge in [0.2, 0.25) is 0 Å². The molecule has 2 rings (SSSR count). The van der Waals surface area contributed by atoms with Crippen molar-refractivity contribution in [3.8, 4) is 0 Å². The summed E-state index contributed by atoms with van der Waals surface area (Å²) in [5.74, 6) is 0. The van der Waals surface area contributed by atoms with Crippen molar-refractivity contribution in [1.82, 2.24) is 5.32 Å². The highest BCUT2D eigenvalue weighted by molar-refractivity contribution is 6.59. The third-order valence-electron chi connectivity index (χ3n) is 3.51. The van der Waals surface area contributed by atoms with Crippen LogP contribution in [0.3, 0.4) is 0 Å². The number of rotatable bonds is 2. The normalized spacial score (nSPS) is 17.9. The van der Waals surface area contributed by atoms with Crippen LogP contribution in [-0.4, -0.2) is 28.9 Å². The third-order valence-corrected chi connectivity index (χ3v) is 3.51. The average Bonchev–Trinajstić information content (AvgIpc) is 2.36. The molecule has 0 fully saturated rings. The first kappa shape index (κ1) is 15.9. The summed E-state index contributed by atoms with van der Waals surface area (Å²) in [4.78, 5) is 11.9. The second kappa shape index (κ2) is 6.07. The quantitative estimate of drug-likeness (QED) is 0.717. The molecule has 0 bridgehead atoms. The number of hydrogen-bond acceptors (Lipinski definition) is 4. The van der Waals surface area contributed by atoms with Crippen LogP contribution in [0.25, 0.3) is 0 Å². The SMILES string of the molecule is CC(C)(C)OC(=O)N[C@@H]1CCCc2c(B(O)O)cccc21. The van der Waals surface area contributed by atoms with Gasteiger partial charge < -0.3 is 20.1 Å². The minimum atomic E-state index is -1.49. The zero-order valence-corrected chi connectivity index (χ0v) is 12.7. The van der Waals surface area contributed by atoms with E-state index in [-0.39, 0.29) is 6.04 Å². The Kier molecular flexibility index (Phi) is 4.59. The molecule has 1 atom stereocenters. The van der Waals surface area contributed by atoms with Gasteiger partial charge in [-0.15, -0.1) is 0 Å². The zero-order chi connectivity index (χ0) is 15.6. The van der Waals surface area contributed by atoms with Gasteiger partial charge in [-0.1, -0.05) is 18.2 Å². The standard InChI is InChI=1S/C15H22BNO4/c1-15(2,3)21-14(18)17-13-9-5-6-10-11(13)7-4-8-12(10)16(19)20/h4,7-8,13,19-20H,5-6,9H2,1-3H3,(H,17,18)/t13-/m1/s1. The lowest BCUT2D eigenvalue weighted by Crippen LogP contribution is -2.39. The molecule has 1 aliphatic rings. The van der Waals surface area contributed by atoms with Gasteiger partial charge in [-0.2, -0.15) is 0 Å². The van der Waals surface area contributed by atoms with Gasteiger partial charge in [-0.05, 0) is 56.6 Å². The topological polar surface area (TPSA) is 78.8 Å². The third kappa shape index (κ3) is 3.98. The van der Waals surface area contributed by atoms with Crippen LogP contribution in [0.15, 0.2) is 18.2 Å². The van der Waals surface area contributed by atoms with E-state index >= 15 is 0 Å². The van der Waals surface area contributed by atoms with Crippen LogP contribution in [0, 0.1) is 0 Å². The van der Waals surface area contributed by atoms with Gasteiger partial charge in [-0.3, -0.25) is 0 Å². The maximum Gasteiger partial charge on any atom is 0.488 e. The fraction of sp³-hybridized carbons (Fsp3) is 0.533. The Morgan fingerprint density at radius 2 is 2.10 bits per heavy atom. The van der Waals surface area contributed by atoms with Crippen molar-refractivity contribution in [1.29, 1.82) is 0 Å². The molecular formula is C15H22BNO4. The Hall–Kier alpha value is -1.53. The van der Waals surface area contributed by atoms with Gasteiger partial charge in [0.25, 0.3) is 0 Å². The second-order valence-corrected chi connectivity index (χ2v) is 6.38. The lowest BCUT2D eigenvalue weighted by Gasteiger charge is -2.29. The van der Waals surface area contributed by atoms with E-state index in [9.17, 15) is 14.8 Å². The predicted octanol–water partition coefficient (Wildman–Crippen LogP) is 1.27. The van der Waals surface area contributed by atoms with Crippen LogP contribution in [0.4, 0.5) is 4.79 Å². The van der Waals surface area contributed by atoms with Crippen LogP contribution in [-0.2, 0) is 11.2 Å². The molecular weight excluding hydrogens is 269 g/mol. The molecule has 1 aromatic carbocycles. The van der Waals surface area contributed by atoms with E-state index in [0.29, 0.717) is 5.46 Å². The fourth-order valence-electron chi connectivity index (χ4n) is 2.72. The summed E-state index contributed by atoms with van der Waals surface area (Å²) >= 11 is 0. The summed E-state index contributed by atoms with van der Waals surface area (Å²) in [6, 6.07) is 5.26. The van der Waals surface area contributed by atoms with Crippen molar-refractivity contribution >= 4 is 18.7 Å². The van der Waals surface area contributed by atoms with Crippen molar-refractivity contribution in [2.75, 3.05) is 0 Å². The molecule has 0 radical (unpaired) electrons. The molecule has 0 aliphatic heterocycles. The minimum Gasteiger partial charge on any atom is -0.444 e. The first-order valence-corrected chi connectivity index (χ1v) is 7.25. The number of amides is 1. The molecule has 1 aromatic rings. The molecule has 0 saturated carbocycles. The summed E-state index contributed by atoms with van der Waals surface area (Å²) in [6.45, 7) is 5.46. The summed E-state index contributed by atoms with van der Waals surface area (Å²) in [5.41, 5.74) is 1.84. The zero-order valence-electron chi connectivity index (χ0n) is 12.7. The number of hydrogen-bond donors (Lipinski definition) is 3. The fourth-order valence-corrected chi connectivity index (χ4v) is 2.72. The molecule has 1 aliphatic carbocycles. The molecule has 21 heavy (non-hydrogen) atoms. The second-order valence-electron chi connectivity index (χ2n) is 6.38. The molecule has 114 valence electrons. The van der Waals surface area contributed by atoms with Gasteiger partial charge in [0, 0.05) is 0 Å². The van der Waals surface area contributed by atoms with Gasteiger partial charge in [0.15, 0.2) is 0 Å². The summed E-state index contributed by atoms with van der Waals surface area (Å²) < 4.78 is 5.28. The highest BCUT2D eigenvalue weighted by Crippen LogP contribution is 2.29. The number of benzene rings is 1. The monoisotopic (exact) mass is 291 g/mol. The Balaban J connectivity index is 2.19. The molecule has 0 unspecified atom stereocenters. The van der Waals surface area contributed by atoms with Crippen LogP contribution in [0.2, 0.25) is 0 Å². The van der Waals surface area contributed by atoms with E-state index in [1.54, 1.807) is 12.1 Å². The number of carbonyl (C=O) groups excluding carboxylic acids is 1. The Morgan fingerprint density at radius 1 is 1.38 bits per heavy atom. The minimum absolute atomic E-state index is 0.151. The van der Waals surface area contributed by atoms with Crippen molar-refractivity contribution in [2.24, 2.45) is 0 Å². The molecule has 0 saturated heterocycles. The number of fused-ring (bicyclic) bond motifs is 1. The smallest absolute Gasteiger partial charge is 0.444 e. The largest absolute Gasteiger partial charge is 0.488 e. The average molecular weight is 291 g/mol. The van der Waals surface area contributed by atoms with E-state index < -0.39 is 18.8 Å². The molecule has 0 aromatic heterocycles. The van der Waals surface area contributed by atoms with Crippen molar-refractivity contribution in [3.63, 3.8) is 0 Å². The summed E-state index contributed by atoms with van der Waals surface area (Å²) in [5, 5.41) is 21.8. The van der Waals surface area contributed by atoms with Crippen molar-refractivity contribution in [2.45, 2.75) is 51.7 Å². The lowest BCUT2D eigenvalue weighted by atomic mass is 9.71. The van der Waals surface area contributed by atoms with Gasteiger partial charge in [0.1, 0.15) is 5.60 Å². The summed E-state index contributed by atoms with van der Waals surface area (Å²) in [7, 11) is -1.49. The Morgan fingerprint density at radius 3 is 2.71 bits per heavy atom. The highest BCUT2D eigenvalue weighted by Gasteiger charge is 2.28. The van der Waals surface area contributed by atoms with Gasteiger partial charge in [0.05, 0.1) is 6.04 Å². The number of carbonyl (C=O) groups is 1. The van der Waals surface area contributed by atoms with Crippen LogP contribution in [0.1, 0.15) is 50.8 Å². The predicted molar refractivity (Wildman–Crippen MR) is 81.3 cm³/mol. The number of ether oxygens (including phenoxy) is 1. The first-order valence-electron chi connectivity index (χ1n) is 7.25. The first-order chi connectivity index (χ1) is 9.78. The van der Waals surface area contributed by atoms with Crippen molar-refractivity contribution in [3.05, 3.63) is 29.3 Å². The van der Waals surface area contributed by atoms with E-state index in [1.165, 1.54) is 0 Å². The molecule has 0 heterocycles. The van der Waals surface area contributed by atoms with Gasteiger partial charge in [-0.25, -0.2) is 4.79 Å². The molecule has 3 N–H and O–H groups in total. The molecule has 0 spiro atoms. The Bertz CT molecular complexity index is 525. The number of nitrogens with one attached hydrogen (secondary N) is 1. The van der Waals surface area contributed by atoms with Crippen LogP contribution in [0.5, 0.6) is 0 Å². The van der Waals surface area contributed by atoms with E-state index in [4.69, 9.17) is 4.74 Å². The number of alkyl carbamates (subject to hydrolysis) is 1. The van der Waals surface area contributed by atoms with Crippen LogP contribution < -0.4 is 10.8 Å². The maximum atomic E-state index is 11.9. The lowest BCUT2D eigenvalue weighted by molar-refractivity contribution is 0.0499. The van der Waals surface area contributed by atoms with Gasteiger partial charge >= 0.3 is 13.2 Å².